The number of hydrogen-bond donors (Lipinski definition) is 0. The molecule has 25 heavy (non-hydrogen) atoms. The average Bonchev–Trinajstić information content (AvgIpc) is 2.65. The molecule has 0 saturated heterocycles. The molecule has 4 heteroatoms. The van der Waals surface area contributed by atoms with Gasteiger partial charge in [-0.25, -0.2) is 0 Å². The number of hydrogen-bond acceptors (Lipinski definition) is 4. The van der Waals surface area contributed by atoms with Gasteiger partial charge in [-0.15, -0.1) is 11.3 Å². The molecule has 1 aromatic heterocycles. The van der Waals surface area contributed by atoms with Gasteiger partial charge in [-0.05, 0) is 49.3 Å². The van der Waals surface area contributed by atoms with Crippen molar-refractivity contribution in [3.05, 3.63) is 58.3 Å². The molecule has 0 aliphatic rings. The fourth-order valence-electron chi connectivity index (χ4n) is 3.24. The fourth-order valence-corrected chi connectivity index (χ4v) is 4.30. The molecule has 3 rings (SSSR count). The van der Waals surface area contributed by atoms with Crippen LogP contribution in [0.25, 0.3) is 20.2 Å². The maximum Gasteiger partial charge on any atom is 0.195 e. The number of ether oxygens (including phenoxy) is 1. The molecule has 0 bridgehead atoms. The summed E-state index contributed by atoms with van der Waals surface area (Å²) in [4.78, 5) is 15.1. The van der Waals surface area contributed by atoms with Gasteiger partial charge in [0.25, 0.3) is 0 Å². The molecule has 1 atom stereocenters. The lowest BCUT2D eigenvalue weighted by Crippen LogP contribution is -2.36. The minimum absolute atomic E-state index is 0.113. The van der Waals surface area contributed by atoms with Gasteiger partial charge in [-0.2, -0.15) is 0 Å². The maximum atomic E-state index is 12.8. The van der Waals surface area contributed by atoms with Gasteiger partial charge in [-0.1, -0.05) is 39.0 Å². The summed E-state index contributed by atoms with van der Waals surface area (Å²) in [5.74, 6) is 0. The summed E-state index contributed by atoms with van der Waals surface area (Å²) < 4.78 is 8.19. The molecule has 0 spiro atoms. The number of nitrogens with zero attached hydrogens (tertiary/aromatic N) is 1. The van der Waals surface area contributed by atoms with E-state index in [-0.39, 0.29) is 11.7 Å². The van der Waals surface area contributed by atoms with E-state index in [4.69, 9.17) is 4.74 Å². The summed E-state index contributed by atoms with van der Waals surface area (Å²) in [5.41, 5.74) is 1.17. The summed E-state index contributed by atoms with van der Waals surface area (Å²) in [5, 5.41) is 1.59. The molecular formula is C21H25NO2S. The monoisotopic (exact) mass is 355 g/mol. The molecule has 2 aromatic carbocycles. The Labute approximate surface area is 152 Å². The molecular weight excluding hydrogens is 330 g/mol. The summed E-state index contributed by atoms with van der Waals surface area (Å²) in [6, 6.07) is 13.9. The summed E-state index contributed by atoms with van der Waals surface area (Å²) in [6.07, 6.45) is 1.08. The van der Waals surface area contributed by atoms with Crippen LogP contribution in [-0.2, 0) is 11.3 Å². The van der Waals surface area contributed by atoms with Crippen LogP contribution in [0.4, 0.5) is 0 Å². The lowest BCUT2D eigenvalue weighted by atomic mass is 10.1. The van der Waals surface area contributed by atoms with Crippen LogP contribution in [0.15, 0.2) is 47.3 Å². The van der Waals surface area contributed by atoms with Crippen molar-refractivity contribution in [3.63, 3.8) is 0 Å². The Morgan fingerprint density at radius 1 is 1.00 bits per heavy atom. The van der Waals surface area contributed by atoms with Gasteiger partial charge in [0.15, 0.2) is 5.43 Å². The van der Waals surface area contributed by atoms with Crippen molar-refractivity contribution >= 4 is 31.5 Å². The molecule has 3 aromatic rings. The lowest BCUT2D eigenvalue weighted by molar-refractivity contribution is -0.0663. The van der Waals surface area contributed by atoms with Crippen LogP contribution in [0.2, 0.25) is 0 Å². The van der Waals surface area contributed by atoms with E-state index in [1.165, 1.54) is 0 Å². The average molecular weight is 356 g/mol. The van der Waals surface area contributed by atoms with Gasteiger partial charge in [0.1, 0.15) is 6.23 Å². The zero-order chi connectivity index (χ0) is 17.8. The largest absolute Gasteiger partial charge is 0.358 e. The Morgan fingerprint density at radius 3 is 2.44 bits per heavy atom. The number of rotatable bonds is 7. The van der Waals surface area contributed by atoms with Crippen LogP contribution in [-0.4, -0.2) is 24.2 Å². The van der Waals surface area contributed by atoms with Crippen molar-refractivity contribution < 1.29 is 4.74 Å². The number of benzene rings is 2. The Hall–Kier alpha value is -1.75. The molecule has 0 aliphatic heterocycles. The van der Waals surface area contributed by atoms with Gasteiger partial charge >= 0.3 is 0 Å². The van der Waals surface area contributed by atoms with Crippen molar-refractivity contribution in [3.8, 4) is 0 Å². The van der Waals surface area contributed by atoms with E-state index in [9.17, 15) is 4.79 Å². The molecule has 0 fully saturated rings. The topological polar surface area (TPSA) is 29.5 Å². The summed E-state index contributed by atoms with van der Waals surface area (Å²) in [7, 11) is 0. The molecule has 0 N–H and O–H groups in total. The second kappa shape index (κ2) is 8.09. The predicted molar refractivity (Wildman–Crippen MR) is 107 cm³/mol. The second-order valence-corrected chi connectivity index (χ2v) is 7.24. The highest BCUT2D eigenvalue weighted by Gasteiger charge is 2.14. The van der Waals surface area contributed by atoms with Crippen LogP contribution in [0.5, 0.6) is 0 Å². The van der Waals surface area contributed by atoms with Gasteiger partial charge in [0, 0.05) is 20.2 Å². The Kier molecular flexibility index (Phi) is 5.84. The SMILES string of the molecule is CCC(OCc1ccc2sc3ccccc3c(=O)c2c1)N(CC)CC. The van der Waals surface area contributed by atoms with E-state index in [2.05, 4.69) is 31.7 Å². The Morgan fingerprint density at radius 2 is 1.72 bits per heavy atom. The quantitative estimate of drug-likeness (QED) is 0.441. The third-order valence-electron chi connectivity index (χ3n) is 4.65. The van der Waals surface area contributed by atoms with Crippen LogP contribution in [0.3, 0.4) is 0 Å². The van der Waals surface area contributed by atoms with Crippen molar-refractivity contribution in [2.24, 2.45) is 0 Å². The van der Waals surface area contributed by atoms with Crippen LogP contribution < -0.4 is 5.43 Å². The highest BCUT2D eigenvalue weighted by atomic mass is 32.1. The second-order valence-electron chi connectivity index (χ2n) is 6.15. The van der Waals surface area contributed by atoms with Crippen molar-refractivity contribution in [1.82, 2.24) is 4.90 Å². The van der Waals surface area contributed by atoms with Crippen LogP contribution >= 0.6 is 11.3 Å². The molecule has 0 radical (unpaired) electrons. The molecule has 1 unspecified atom stereocenters. The first-order valence-corrected chi connectivity index (χ1v) is 9.79. The minimum atomic E-state index is 0.113. The van der Waals surface area contributed by atoms with E-state index >= 15 is 0 Å². The highest BCUT2D eigenvalue weighted by molar-refractivity contribution is 7.24. The highest BCUT2D eigenvalue weighted by Crippen LogP contribution is 2.25. The van der Waals surface area contributed by atoms with Crippen molar-refractivity contribution in [1.29, 1.82) is 0 Å². The molecule has 3 nitrogen and oxygen atoms in total. The third kappa shape index (κ3) is 3.76. The van der Waals surface area contributed by atoms with E-state index in [0.717, 1.165) is 45.2 Å². The maximum absolute atomic E-state index is 12.8. The fraction of sp³-hybridized carbons (Fsp3) is 0.381. The van der Waals surface area contributed by atoms with E-state index < -0.39 is 0 Å². The van der Waals surface area contributed by atoms with Gasteiger partial charge in [0.05, 0.1) is 6.61 Å². The van der Waals surface area contributed by atoms with Crippen molar-refractivity contribution in [2.75, 3.05) is 13.1 Å². The van der Waals surface area contributed by atoms with Crippen LogP contribution in [0.1, 0.15) is 32.8 Å². The Balaban J connectivity index is 1.89. The smallest absolute Gasteiger partial charge is 0.195 e. The third-order valence-corrected chi connectivity index (χ3v) is 5.80. The molecule has 1 heterocycles. The Bertz CT molecular complexity index is 915. The molecule has 132 valence electrons. The minimum Gasteiger partial charge on any atom is -0.358 e. The first kappa shape index (κ1) is 18.1. The first-order chi connectivity index (χ1) is 12.2. The van der Waals surface area contributed by atoms with Gasteiger partial charge < -0.3 is 4.74 Å². The summed E-state index contributed by atoms with van der Waals surface area (Å²) >= 11 is 1.67. The summed E-state index contributed by atoms with van der Waals surface area (Å²) in [6.45, 7) is 8.94. The van der Waals surface area contributed by atoms with Gasteiger partial charge in [-0.3, -0.25) is 9.69 Å². The van der Waals surface area contributed by atoms with Gasteiger partial charge in [0.2, 0.25) is 0 Å². The first-order valence-electron chi connectivity index (χ1n) is 8.98. The lowest BCUT2D eigenvalue weighted by Gasteiger charge is -2.28. The molecule has 0 aliphatic carbocycles. The normalized spacial score (nSPS) is 13.0. The van der Waals surface area contributed by atoms with E-state index in [0.29, 0.717) is 6.61 Å². The van der Waals surface area contributed by atoms with E-state index in [1.54, 1.807) is 11.3 Å². The number of fused-ring (bicyclic) bond motifs is 2. The predicted octanol–water partition coefficient (Wildman–Crippen LogP) is 5.01. The van der Waals surface area contributed by atoms with Crippen LogP contribution in [0, 0.1) is 0 Å². The van der Waals surface area contributed by atoms with Crippen molar-refractivity contribution in [2.45, 2.75) is 40.0 Å². The zero-order valence-electron chi connectivity index (χ0n) is 15.1. The molecule has 0 amide bonds. The van der Waals surface area contributed by atoms with E-state index in [1.807, 2.05) is 36.4 Å². The standard InChI is InChI=1S/C21H25NO2S/c1-4-20(22(5-2)6-3)24-14-15-11-12-19-17(13-15)21(23)16-9-7-8-10-18(16)25-19/h7-13,20H,4-6,14H2,1-3H3. The zero-order valence-corrected chi connectivity index (χ0v) is 15.9. The molecule has 0 saturated carbocycles.